The van der Waals surface area contributed by atoms with Crippen LogP contribution in [-0.2, 0) is 4.79 Å². The molecule has 0 spiro atoms. The molecule has 1 saturated heterocycles. The Balaban J connectivity index is 1.81. The van der Waals surface area contributed by atoms with Gasteiger partial charge in [-0.15, -0.1) is 11.8 Å². The second kappa shape index (κ2) is 6.12. The number of anilines is 1. The third-order valence-corrected chi connectivity index (χ3v) is 5.40. The van der Waals surface area contributed by atoms with Crippen molar-refractivity contribution in [3.63, 3.8) is 0 Å². The summed E-state index contributed by atoms with van der Waals surface area (Å²) in [4.78, 5) is 25.0. The molecule has 0 unspecified atom stereocenters. The number of benzene rings is 2. The lowest BCUT2D eigenvalue weighted by Gasteiger charge is -2.24. The van der Waals surface area contributed by atoms with Crippen LogP contribution in [0.5, 0.6) is 11.5 Å². The second-order valence-corrected chi connectivity index (χ2v) is 6.93. The zero-order valence-electron chi connectivity index (χ0n) is 12.7. The van der Waals surface area contributed by atoms with Gasteiger partial charge in [0.25, 0.3) is 5.69 Å². The van der Waals surface area contributed by atoms with Gasteiger partial charge in [0, 0.05) is 10.7 Å². The molecule has 7 nitrogen and oxygen atoms in total. The molecule has 2 aromatic rings. The average Bonchev–Trinajstić information content (AvgIpc) is 3.20. The zero-order valence-corrected chi connectivity index (χ0v) is 14.2. The van der Waals surface area contributed by atoms with Gasteiger partial charge < -0.3 is 9.47 Å². The number of hydrogen-bond donors (Lipinski definition) is 0. The second-order valence-electron chi connectivity index (χ2n) is 5.42. The summed E-state index contributed by atoms with van der Waals surface area (Å²) in [7, 11) is 0. The van der Waals surface area contributed by atoms with Gasteiger partial charge in [0.1, 0.15) is 5.37 Å². The number of ether oxygens (including phenoxy) is 2. The van der Waals surface area contributed by atoms with Crippen molar-refractivity contribution in [1.29, 1.82) is 0 Å². The molecular weight excluding hydrogens is 368 g/mol. The van der Waals surface area contributed by atoms with Crippen LogP contribution in [0.25, 0.3) is 0 Å². The van der Waals surface area contributed by atoms with Gasteiger partial charge in [0.15, 0.2) is 11.5 Å². The standard InChI is InChI=1S/C16H11ClN2O5S/c17-9-1-3-10(4-2-9)18-15(20)7-25-16(18)11-5-13-14(24-8-23-13)6-12(11)19(21)22/h1-6,16H,7-8H2/t16-/m1/s1. The maximum Gasteiger partial charge on any atom is 0.279 e. The van der Waals surface area contributed by atoms with Crippen molar-refractivity contribution in [3.8, 4) is 11.5 Å². The fraction of sp³-hybridized carbons (Fsp3) is 0.188. The van der Waals surface area contributed by atoms with E-state index in [-0.39, 0.29) is 24.1 Å². The maximum atomic E-state index is 12.4. The van der Waals surface area contributed by atoms with Crippen molar-refractivity contribution in [3.05, 3.63) is 57.1 Å². The highest BCUT2D eigenvalue weighted by molar-refractivity contribution is 8.00. The number of nitrogens with zero attached hydrogens (tertiary/aromatic N) is 2. The summed E-state index contributed by atoms with van der Waals surface area (Å²) < 4.78 is 10.6. The molecule has 0 N–H and O–H groups in total. The molecular formula is C16H11ClN2O5S. The summed E-state index contributed by atoms with van der Waals surface area (Å²) in [5.41, 5.74) is 0.937. The van der Waals surface area contributed by atoms with E-state index in [9.17, 15) is 14.9 Å². The summed E-state index contributed by atoms with van der Waals surface area (Å²) in [6.45, 7) is 0.0214. The zero-order chi connectivity index (χ0) is 17.6. The Morgan fingerprint density at radius 3 is 2.56 bits per heavy atom. The first-order valence-electron chi connectivity index (χ1n) is 7.32. The molecule has 25 heavy (non-hydrogen) atoms. The van der Waals surface area contributed by atoms with E-state index >= 15 is 0 Å². The first-order chi connectivity index (χ1) is 12.0. The van der Waals surface area contributed by atoms with E-state index in [1.807, 2.05) is 0 Å². The largest absolute Gasteiger partial charge is 0.454 e. The monoisotopic (exact) mass is 378 g/mol. The SMILES string of the molecule is O=C1CS[C@H](c2cc3c(cc2[N+](=O)[O-])OCO3)N1c1ccc(Cl)cc1. The Labute approximate surface area is 151 Å². The normalized spacial score (nSPS) is 18.7. The van der Waals surface area contributed by atoms with Crippen molar-refractivity contribution in [2.45, 2.75) is 5.37 Å². The Kier molecular flexibility index (Phi) is 3.93. The molecule has 128 valence electrons. The maximum absolute atomic E-state index is 12.4. The van der Waals surface area contributed by atoms with Gasteiger partial charge in [-0.1, -0.05) is 11.6 Å². The lowest BCUT2D eigenvalue weighted by atomic mass is 10.1. The van der Waals surface area contributed by atoms with Gasteiger partial charge in [0.05, 0.1) is 22.3 Å². The van der Waals surface area contributed by atoms with Gasteiger partial charge in [-0.2, -0.15) is 0 Å². The molecule has 0 aromatic heterocycles. The quantitative estimate of drug-likeness (QED) is 0.597. The Morgan fingerprint density at radius 2 is 1.88 bits per heavy atom. The van der Waals surface area contributed by atoms with Crippen LogP contribution in [0, 0.1) is 10.1 Å². The predicted octanol–water partition coefficient (Wildman–Crippen LogP) is 3.76. The Hall–Kier alpha value is -2.45. The third-order valence-electron chi connectivity index (χ3n) is 3.96. The molecule has 9 heteroatoms. The molecule has 0 radical (unpaired) electrons. The van der Waals surface area contributed by atoms with Gasteiger partial charge in [-0.3, -0.25) is 19.8 Å². The van der Waals surface area contributed by atoms with E-state index in [1.54, 1.807) is 35.2 Å². The third kappa shape index (κ3) is 2.77. The van der Waals surface area contributed by atoms with Crippen LogP contribution in [0.15, 0.2) is 36.4 Å². The van der Waals surface area contributed by atoms with Crippen LogP contribution in [0.1, 0.15) is 10.9 Å². The Bertz CT molecular complexity index is 874. The number of carbonyl (C=O) groups is 1. The fourth-order valence-electron chi connectivity index (χ4n) is 2.84. The molecule has 1 amide bonds. The summed E-state index contributed by atoms with van der Waals surface area (Å²) in [5, 5.41) is 11.6. The predicted molar refractivity (Wildman–Crippen MR) is 93.4 cm³/mol. The number of amides is 1. The topological polar surface area (TPSA) is 81.9 Å². The summed E-state index contributed by atoms with van der Waals surface area (Å²) in [5.74, 6) is 0.891. The van der Waals surface area contributed by atoms with Crippen molar-refractivity contribution >= 4 is 40.6 Å². The molecule has 1 atom stereocenters. The molecule has 0 saturated carbocycles. The van der Waals surface area contributed by atoms with E-state index in [1.165, 1.54) is 17.8 Å². The van der Waals surface area contributed by atoms with Crippen LogP contribution in [0.2, 0.25) is 5.02 Å². The molecule has 2 heterocycles. The number of nitro benzene ring substituents is 1. The van der Waals surface area contributed by atoms with E-state index in [4.69, 9.17) is 21.1 Å². The molecule has 2 aliphatic heterocycles. The highest BCUT2D eigenvalue weighted by Gasteiger charge is 2.39. The van der Waals surface area contributed by atoms with Crippen LogP contribution in [-0.4, -0.2) is 23.4 Å². The van der Waals surface area contributed by atoms with E-state index in [2.05, 4.69) is 0 Å². The summed E-state index contributed by atoms with van der Waals surface area (Å²) in [6.07, 6.45) is 0. The number of thioether (sulfide) groups is 1. The van der Waals surface area contributed by atoms with Gasteiger partial charge >= 0.3 is 0 Å². The van der Waals surface area contributed by atoms with Crippen molar-refractivity contribution < 1.29 is 19.2 Å². The highest BCUT2D eigenvalue weighted by atomic mass is 35.5. The van der Waals surface area contributed by atoms with Crippen LogP contribution in [0.4, 0.5) is 11.4 Å². The van der Waals surface area contributed by atoms with E-state index in [0.29, 0.717) is 27.8 Å². The average molecular weight is 379 g/mol. The van der Waals surface area contributed by atoms with Gasteiger partial charge in [-0.25, -0.2) is 0 Å². The highest BCUT2D eigenvalue weighted by Crippen LogP contribution is 2.48. The van der Waals surface area contributed by atoms with E-state index in [0.717, 1.165) is 0 Å². The van der Waals surface area contributed by atoms with E-state index < -0.39 is 10.3 Å². The number of carbonyl (C=O) groups excluding carboxylic acids is 1. The first kappa shape index (κ1) is 16.0. The summed E-state index contributed by atoms with van der Waals surface area (Å²) in [6, 6.07) is 9.73. The number of fused-ring (bicyclic) bond motifs is 1. The van der Waals surface area contributed by atoms with Gasteiger partial charge in [-0.05, 0) is 30.3 Å². The molecule has 0 aliphatic carbocycles. The smallest absolute Gasteiger partial charge is 0.279 e. The lowest BCUT2D eigenvalue weighted by molar-refractivity contribution is -0.385. The number of nitro groups is 1. The molecule has 0 bridgehead atoms. The van der Waals surface area contributed by atoms with Crippen LogP contribution >= 0.6 is 23.4 Å². The van der Waals surface area contributed by atoms with Crippen molar-refractivity contribution in [2.75, 3.05) is 17.4 Å². The van der Waals surface area contributed by atoms with Crippen LogP contribution in [0.3, 0.4) is 0 Å². The van der Waals surface area contributed by atoms with Crippen molar-refractivity contribution in [1.82, 2.24) is 0 Å². The minimum Gasteiger partial charge on any atom is -0.454 e. The Morgan fingerprint density at radius 1 is 1.20 bits per heavy atom. The first-order valence-corrected chi connectivity index (χ1v) is 8.74. The van der Waals surface area contributed by atoms with Crippen LogP contribution < -0.4 is 14.4 Å². The number of hydrogen-bond acceptors (Lipinski definition) is 6. The molecule has 2 aromatic carbocycles. The molecule has 1 fully saturated rings. The van der Waals surface area contributed by atoms with Crippen molar-refractivity contribution in [2.24, 2.45) is 0 Å². The fourth-order valence-corrected chi connectivity index (χ4v) is 4.16. The lowest BCUT2D eigenvalue weighted by Crippen LogP contribution is -2.28. The minimum absolute atomic E-state index is 0.0214. The molecule has 2 aliphatic rings. The number of halogens is 1. The van der Waals surface area contributed by atoms with Gasteiger partial charge in [0.2, 0.25) is 12.7 Å². The number of rotatable bonds is 3. The summed E-state index contributed by atoms with van der Waals surface area (Å²) >= 11 is 7.24. The minimum atomic E-state index is -0.524. The molecule has 4 rings (SSSR count).